The van der Waals surface area contributed by atoms with E-state index in [0.29, 0.717) is 5.56 Å². The summed E-state index contributed by atoms with van der Waals surface area (Å²) < 4.78 is 41.4. The van der Waals surface area contributed by atoms with Gasteiger partial charge in [-0.1, -0.05) is 18.2 Å². The van der Waals surface area contributed by atoms with Gasteiger partial charge in [-0.05, 0) is 42.0 Å². The van der Waals surface area contributed by atoms with Crippen molar-refractivity contribution in [1.82, 2.24) is 0 Å². The molecule has 2 rings (SSSR count). The summed E-state index contributed by atoms with van der Waals surface area (Å²) in [6.45, 7) is 0. The third-order valence-corrected chi connectivity index (χ3v) is 4.26. The first-order chi connectivity index (χ1) is 10.8. The molecule has 0 saturated carbocycles. The van der Waals surface area contributed by atoms with E-state index >= 15 is 0 Å². The molecule has 0 atom stereocenters. The molecule has 0 radical (unpaired) electrons. The van der Waals surface area contributed by atoms with E-state index in [1.54, 1.807) is 12.1 Å². The van der Waals surface area contributed by atoms with Gasteiger partial charge in [-0.2, -0.15) is 0 Å². The van der Waals surface area contributed by atoms with Gasteiger partial charge in [0.25, 0.3) is 0 Å². The number of sulfone groups is 1. The van der Waals surface area contributed by atoms with Crippen LogP contribution in [0.15, 0.2) is 53.4 Å². The van der Waals surface area contributed by atoms with Crippen LogP contribution in [0.25, 0.3) is 6.08 Å². The fourth-order valence-electron chi connectivity index (χ4n) is 2.01. The fourth-order valence-corrected chi connectivity index (χ4v) is 2.83. The minimum Gasteiger partial charge on any atom is -0.495 e. The van der Waals surface area contributed by atoms with Crippen LogP contribution < -0.4 is 4.74 Å². The number of ether oxygens (including phenoxy) is 1. The monoisotopic (exact) mass is 334 g/mol. The van der Waals surface area contributed by atoms with Gasteiger partial charge in [0, 0.05) is 11.8 Å². The van der Waals surface area contributed by atoms with Gasteiger partial charge in [0.15, 0.2) is 15.6 Å². The van der Waals surface area contributed by atoms with Gasteiger partial charge >= 0.3 is 0 Å². The molecule has 0 aromatic heterocycles. The molecule has 23 heavy (non-hydrogen) atoms. The molecular weight excluding hydrogens is 319 g/mol. The molecule has 0 aliphatic carbocycles. The minimum atomic E-state index is -3.44. The molecule has 0 saturated heterocycles. The summed E-state index contributed by atoms with van der Waals surface area (Å²) in [4.78, 5) is 12.2. The Morgan fingerprint density at radius 1 is 1.17 bits per heavy atom. The Hall–Kier alpha value is -2.47. The van der Waals surface area contributed by atoms with E-state index in [1.807, 2.05) is 0 Å². The van der Waals surface area contributed by atoms with Crippen molar-refractivity contribution in [2.75, 3.05) is 13.4 Å². The number of allylic oxidation sites excluding steroid dienone is 1. The van der Waals surface area contributed by atoms with Gasteiger partial charge in [-0.25, -0.2) is 12.8 Å². The molecule has 2 aromatic rings. The zero-order valence-corrected chi connectivity index (χ0v) is 13.4. The van der Waals surface area contributed by atoms with Crippen LogP contribution in [0, 0.1) is 5.82 Å². The Bertz CT molecular complexity index is 870. The van der Waals surface area contributed by atoms with Crippen molar-refractivity contribution < 1.29 is 22.3 Å². The van der Waals surface area contributed by atoms with Crippen molar-refractivity contribution >= 4 is 21.7 Å². The van der Waals surface area contributed by atoms with Crippen molar-refractivity contribution in [2.24, 2.45) is 0 Å². The number of ketones is 1. The number of methoxy groups -OCH3 is 1. The lowest BCUT2D eigenvalue weighted by atomic mass is 10.1. The number of hydrogen-bond acceptors (Lipinski definition) is 4. The second-order valence-electron chi connectivity index (χ2n) is 4.89. The number of rotatable bonds is 5. The first-order valence-corrected chi connectivity index (χ1v) is 8.56. The zero-order chi connectivity index (χ0) is 17.0. The van der Waals surface area contributed by atoms with Crippen molar-refractivity contribution in [3.8, 4) is 5.75 Å². The van der Waals surface area contributed by atoms with Crippen molar-refractivity contribution in [3.63, 3.8) is 0 Å². The van der Waals surface area contributed by atoms with Crippen LogP contribution >= 0.6 is 0 Å². The van der Waals surface area contributed by atoms with Crippen LogP contribution in [0.2, 0.25) is 0 Å². The highest BCUT2D eigenvalue weighted by molar-refractivity contribution is 7.90. The van der Waals surface area contributed by atoms with E-state index in [-0.39, 0.29) is 22.0 Å². The number of carbonyl (C=O) groups is 1. The maximum atomic E-state index is 13.1. The van der Waals surface area contributed by atoms with E-state index < -0.39 is 15.7 Å². The predicted molar refractivity (Wildman–Crippen MR) is 85.9 cm³/mol. The van der Waals surface area contributed by atoms with Gasteiger partial charge in [0.2, 0.25) is 0 Å². The molecule has 0 aliphatic heterocycles. The van der Waals surface area contributed by atoms with E-state index in [2.05, 4.69) is 0 Å². The highest BCUT2D eigenvalue weighted by Crippen LogP contribution is 2.25. The molecule has 0 spiro atoms. The van der Waals surface area contributed by atoms with Crippen molar-refractivity contribution in [3.05, 3.63) is 65.5 Å². The highest BCUT2D eigenvalue weighted by Gasteiger charge is 2.16. The Morgan fingerprint density at radius 2 is 1.91 bits per heavy atom. The molecular formula is C17H15FO4S. The molecule has 2 aromatic carbocycles. The fraction of sp³-hybridized carbons (Fsp3) is 0.118. The van der Waals surface area contributed by atoms with Crippen LogP contribution in [0.4, 0.5) is 4.39 Å². The topological polar surface area (TPSA) is 60.4 Å². The Kier molecular flexibility index (Phi) is 4.95. The summed E-state index contributed by atoms with van der Waals surface area (Å²) in [7, 11) is -2.11. The van der Waals surface area contributed by atoms with Gasteiger partial charge in [-0.3, -0.25) is 4.79 Å². The van der Waals surface area contributed by atoms with Crippen LogP contribution in [-0.2, 0) is 9.84 Å². The van der Waals surface area contributed by atoms with Gasteiger partial charge in [0.1, 0.15) is 16.5 Å². The van der Waals surface area contributed by atoms with E-state index in [4.69, 9.17) is 4.74 Å². The SMILES string of the molecule is COc1cc(C(=O)C=Cc2cccc(F)c2)ccc1S(C)(=O)=O. The Balaban J connectivity index is 2.30. The van der Waals surface area contributed by atoms with Crippen LogP contribution in [0.3, 0.4) is 0 Å². The average Bonchev–Trinajstić information content (AvgIpc) is 2.51. The summed E-state index contributed by atoms with van der Waals surface area (Å²) in [5.41, 5.74) is 0.833. The quantitative estimate of drug-likeness (QED) is 0.622. The lowest BCUT2D eigenvalue weighted by Gasteiger charge is -2.07. The summed E-state index contributed by atoms with van der Waals surface area (Å²) in [5.74, 6) is -0.621. The maximum Gasteiger partial charge on any atom is 0.185 e. The van der Waals surface area contributed by atoms with Crippen molar-refractivity contribution in [2.45, 2.75) is 4.90 Å². The molecule has 0 amide bonds. The van der Waals surface area contributed by atoms with Crippen LogP contribution in [-0.4, -0.2) is 27.6 Å². The van der Waals surface area contributed by atoms with Gasteiger partial charge in [-0.15, -0.1) is 0 Å². The normalized spacial score (nSPS) is 11.6. The lowest BCUT2D eigenvalue weighted by molar-refractivity contribution is 0.104. The predicted octanol–water partition coefficient (Wildman–Crippen LogP) is 3.13. The molecule has 0 bridgehead atoms. The number of carbonyl (C=O) groups excluding carboxylic acids is 1. The molecule has 6 heteroatoms. The van der Waals surface area contributed by atoms with Gasteiger partial charge < -0.3 is 4.74 Å². The molecule has 0 unspecified atom stereocenters. The second-order valence-corrected chi connectivity index (χ2v) is 6.87. The average molecular weight is 334 g/mol. The summed E-state index contributed by atoms with van der Waals surface area (Å²) in [5, 5.41) is 0. The largest absolute Gasteiger partial charge is 0.495 e. The summed E-state index contributed by atoms with van der Waals surface area (Å²) >= 11 is 0. The smallest absolute Gasteiger partial charge is 0.185 e. The summed E-state index contributed by atoms with van der Waals surface area (Å²) in [6, 6.07) is 9.94. The molecule has 0 aliphatic rings. The first-order valence-electron chi connectivity index (χ1n) is 6.67. The lowest BCUT2D eigenvalue weighted by Crippen LogP contribution is -2.03. The third kappa shape index (κ3) is 4.26. The minimum absolute atomic E-state index is 0.0191. The Labute approximate surface area is 134 Å². The van der Waals surface area contributed by atoms with Crippen LogP contribution in [0.1, 0.15) is 15.9 Å². The zero-order valence-electron chi connectivity index (χ0n) is 12.6. The molecule has 0 N–H and O–H groups in total. The molecule has 4 nitrogen and oxygen atoms in total. The highest BCUT2D eigenvalue weighted by atomic mass is 32.2. The number of benzene rings is 2. The molecule has 0 heterocycles. The maximum absolute atomic E-state index is 13.1. The second kappa shape index (κ2) is 6.75. The molecule has 120 valence electrons. The number of halogens is 1. The van der Waals surface area contributed by atoms with Crippen molar-refractivity contribution in [1.29, 1.82) is 0 Å². The van der Waals surface area contributed by atoms with Crippen LogP contribution in [0.5, 0.6) is 5.75 Å². The summed E-state index contributed by atoms with van der Waals surface area (Å²) in [6.07, 6.45) is 3.85. The van der Waals surface area contributed by atoms with E-state index in [1.165, 1.54) is 49.6 Å². The molecule has 0 fully saturated rings. The third-order valence-electron chi connectivity index (χ3n) is 3.12. The Morgan fingerprint density at radius 3 is 2.52 bits per heavy atom. The first kappa shape index (κ1) is 16.9. The van der Waals surface area contributed by atoms with E-state index in [9.17, 15) is 17.6 Å². The standard InChI is InChI=1S/C17H15FO4S/c1-22-16-11-13(7-9-17(16)23(2,20)21)15(19)8-6-12-4-3-5-14(18)10-12/h3-11H,1-2H3. The van der Waals surface area contributed by atoms with E-state index in [0.717, 1.165) is 6.26 Å². The van der Waals surface area contributed by atoms with Gasteiger partial charge in [0.05, 0.1) is 7.11 Å². The number of hydrogen-bond donors (Lipinski definition) is 0.